The number of carbonyl (C=O) groups is 1. The molecule has 2 N–H and O–H groups in total. The number of nitrogens with zero attached hydrogens (tertiary/aromatic N) is 2. The second kappa shape index (κ2) is 7.85. The largest absolute Gasteiger partial charge is 0.378 e. The first-order valence-corrected chi connectivity index (χ1v) is 8.29. The van der Waals surface area contributed by atoms with Crippen LogP contribution in [0.3, 0.4) is 0 Å². The summed E-state index contributed by atoms with van der Waals surface area (Å²) in [6.07, 6.45) is 0.403. The van der Waals surface area contributed by atoms with Crippen molar-refractivity contribution in [3.63, 3.8) is 0 Å². The highest BCUT2D eigenvalue weighted by Crippen LogP contribution is 2.28. The van der Waals surface area contributed by atoms with E-state index in [0.717, 1.165) is 18.1 Å². The lowest BCUT2D eigenvalue weighted by atomic mass is 9.92. The molecule has 2 rings (SSSR count). The molecular weight excluding hydrogens is 328 g/mol. The molecule has 0 radical (unpaired) electrons. The van der Waals surface area contributed by atoms with Gasteiger partial charge in [0, 0.05) is 30.5 Å². The molecule has 1 unspecified atom stereocenters. The third-order valence-corrected chi connectivity index (χ3v) is 3.81. The molecule has 0 saturated carbocycles. The van der Waals surface area contributed by atoms with Crippen LogP contribution in [0.1, 0.15) is 53.7 Å². The van der Waals surface area contributed by atoms with Crippen LogP contribution in [0.25, 0.3) is 0 Å². The number of halogens is 1. The van der Waals surface area contributed by atoms with Crippen LogP contribution in [0.15, 0.2) is 6.07 Å². The first kappa shape index (κ1) is 20.9. The third-order valence-electron chi connectivity index (χ3n) is 3.81. The molecule has 0 aliphatic carbocycles. The quantitative estimate of drug-likeness (QED) is 0.871. The van der Waals surface area contributed by atoms with Gasteiger partial charge in [0.25, 0.3) is 0 Å². The number of aromatic nitrogens is 2. The van der Waals surface area contributed by atoms with E-state index >= 15 is 0 Å². The molecule has 0 bridgehead atoms. The number of amides is 1. The molecule has 138 valence electrons. The van der Waals surface area contributed by atoms with E-state index in [1.54, 1.807) is 0 Å². The van der Waals surface area contributed by atoms with Crippen molar-refractivity contribution in [3.8, 4) is 0 Å². The van der Waals surface area contributed by atoms with Gasteiger partial charge >= 0.3 is 0 Å². The molecule has 1 atom stereocenters. The van der Waals surface area contributed by atoms with Gasteiger partial charge in [-0.3, -0.25) is 4.79 Å². The minimum atomic E-state index is -0.196. The summed E-state index contributed by atoms with van der Waals surface area (Å²) in [6, 6.07) is 2.06. The molecule has 0 spiro atoms. The molecule has 1 aliphatic heterocycles. The second-order valence-corrected chi connectivity index (χ2v) is 8.23. The Morgan fingerprint density at radius 3 is 2.54 bits per heavy atom. The highest BCUT2D eigenvalue weighted by atomic mass is 35.5. The molecule has 0 aromatic carbocycles. The van der Waals surface area contributed by atoms with Crippen molar-refractivity contribution in [2.75, 3.05) is 25.1 Å². The summed E-state index contributed by atoms with van der Waals surface area (Å²) in [7, 11) is 0. The van der Waals surface area contributed by atoms with E-state index in [1.165, 1.54) is 0 Å². The highest BCUT2D eigenvalue weighted by Gasteiger charge is 2.26. The van der Waals surface area contributed by atoms with E-state index in [1.807, 2.05) is 10.7 Å². The molecule has 1 amide bonds. The maximum absolute atomic E-state index is 12.4. The van der Waals surface area contributed by atoms with Gasteiger partial charge in [0.15, 0.2) is 0 Å². The molecule has 24 heavy (non-hydrogen) atoms. The Morgan fingerprint density at radius 1 is 1.38 bits per heavy atom. The molecule has 1 aliphatic rings. The van der Waals surface area contributed by atoms with Crippen LogP contribution >= 0.6 is 12.4 Å². The van der Waals surface area contributed by atoms with Crippen molar-refractivity contribution in [1.82, 2.24) is 15.1 Å². The number of carbonyl (C=O) groups excluding carboxylic acids is 1. The lowest BCUT2D eigenvalue weighted by Gasteiger charge is -2.25. The van der Waals surface area contributed by atoms with Gasteiger partial charge in [-0.2, -0.15) is 5.10 Å². The van der Waals surface area contributed by atoms with Gasteiger partial charge in [-0.1, -0.05) is 20.8 Å². The van der Waals surface area contributed by atoms with Crippen LogP contribution < -0.4 is 10.6 Å². The van der Waals surface area contributed by atoms with E-state index < -0.39 is 0 Å². The molecule has 6 nitrogen and oxygen atoms in total. The van der Waals surface area contributed by atoms with Gasteiger partial charge in [-0.25, -0.2) is 4.68 Å². The van der Waals surface area contributed by atoms with Gasteiger partial charge in [0.1, 0.15) is 5.82 Å². The number of nitrogens with one attached hydrogen (secondary N) is 2. The van der Waals surface area contributed by atoms with Gasteiger partial charge in [-0.15, -0.1) is 12.4 Å². The first-order valence-electron chi connectivity index (χ1n) is 8.29. The standard InChI is InChI=1S/C17H30N4O2.ClH/c1-16(2,3)13-10-14(21(20-13)17(4,5)6)19-15(22)9-12-11-23-8-7-18-12;/h10,12,18H,7-9,11H2,1-6H3,(H,19,22);1H. The first-order chi connectivity index (χ1) is 10.6. The smallest absolute Gasteiger partial charge is 0.227 e. The Labute approximate surface area is 151 Å². The fourth-order valence-electron chi connectivity index (χ4n) is 2.52. The topological polar surface area (TPSA) is 68.2 Å². The van der Waals surface area contributed by atoms with E-state index in [-0.39, 0.29) is 35.3 Å². The second-order valence-electron chi connectivity index (χ2n) is 8.23. The summed E-state index contributed by atoms with van der Waals surface area (Å²) in [6.45, 7) is 14.7. The highest BCUT2D eigenvalue weighted by molar-refractivity contribution is 5.90. The monoisotopic (exact) mass is 358 g/mol. The predicted octanol–water partition coefficient (Wildman–Crippen LogP) is 2.67. The lowest BCUT2D eigenvalue weighted by Crippen LogP contribution is -2.43. The van der Waals surface area contributed by atoms with Crippen molar-refractivity contribution in [2.45, 2.75) is 65.0 Å². The molecule has 2 heterocycles. The van der Waals surface area contributed by atoms with Crippen LogP contribution in [-0.4, -0.2) is 41.5 Å². The van der Waals surface area contributed by atoms with E-state index in [2.05, 4.69) is 52.2 Å². The van der Waals surface area contributed by atoms with Crippen molar-refractivity contribution in [1.29, 1.82) is 0 Å². The van der Waals surface area contributed by atoms with Gasteiger partial charge in [0.2, 0.25) is 5.91 Å². The van der Waals surface area contributed by atoms with Crippen molar-refractivity contribution < 1.29 is 9.53 Å². The minimum Gasteiger partial charge on any atom is -0.378 e. The van der Waals surface area contributed by atoms with Gasteiger partial charge < -0.3 is 15.4 Å². The zero-order chi connectivity index (χ0) is 17.3. The predicted molar refractivity (Wildman–Crippen MR) is 99.0 cm³/mol. The zero-order valence-electron chi connectivity index (χ0n) is 15.6. The van der Waals surface area contributed by atoms with E-state index in [4.69, 9.17) is 9.84 Å². The Bertz CT molecular complexity index is 552. The summed E-state index contributed by atoms with van der Waals surface area (Å²) in [5.74, 6) is 0.739. The van der Waals surface area contributed by atoms with Crippen LogP contribution in [0.2, 0.25) is 0 Å². The Balaban J connectivity index is 0.00000288. The van der Waals surface area contributed by atoms with Crippen molar-refractivity contribution in [3.05, 3.63) is 11.8 Å². The molecule has 1 aromatic heterocycles. The van der Waals surface area contributed by atoms with E-state index in [0.29, 0.717) is 19.6 Å². The van der Waals surface area contributed by atoms with Crippen LogP contribution in [0.4, 0.5) is 5.82 Å². The maximum atomic E-state index is 12.4. The Hall–Kier alpha value is -1.11. The molecule has 7 heteroatoms. The molecule has 1 aromatic rings. The maximum Gasteiger partial charge on any atom is 0.227 e. The SMILES string of the molecule is CC(C)(C)c1cc(NC(=O)CC2COCCN2)n(C(C)(C)C)n1.Cl. The number of anilines is 1. The number of hydrogen-bond acceptors (Lipinski definition) is 4. The summed E-state index contributed by atoms with van der Waals surface area (Å²) in [5.41, 5.74) is 0.717. The van der Waals surface area contributed by atoms with E-state index in [9.17, 15) is 4.79 Å². The Morgan fingerprint density at radius 2 is 2.04 bits per heavy atom. The zero-order valence-corrected chi connectivity index (χ0v) is 16.4. The summed E-state index contributed by atoms with van der Waals surface area (Å²) < 4.78 is 7.30. The normalized spacial score (nSPS) is 18.8. The Kier molecular flexibility index (Phi) is 6.84. The summed E-state index contributed by atoms with van der Waals surface area (Å²) in [5, 5.41) is 11.0. The minimum absolute atomic E-state index is 0. The van der Waals surface area contributed by atoms with Gasteiger partial charge in [0.05, 0.1) is 24.4 Å². The van der Waals surface area contributed by atoms with Crippen LogP contribution in [0, 0.1) is 0 Å². The van der Waals surface area contributed by atoms with Gasteiger partial charge in [-0.05, 0) is 20.8 Å². The number of hydrogen-bond donors (Lipinski definition) is 2. The molecule has 1 saturated heterocycles. The average Bonchev–Trinajstić information content (AvgIpc) is 2.83. The van der Waals surface area contributed by atoms with Crippen molar-refractivity contribution >= 4 is 24.1 Å². The fraction of sp³-hybridized carbons (Fsp3) is 0.765. The summed E-state index contributed by atoms with van der Waals surface area (Å²) in [4.78, 5) is 12.4. The molecular formula is C17H31ClN4O2. The molecule has 1 fully saturated rings. The average molecular weight is 359 g/mol. The summed E-state index contributed by atoms with van der Waals surface area (Å²) >= 11 is 0. The van der Waals surface area contributed by atoms with Crippen molar-refractivity contribution in [2.24, 2.45) is 0 Å². The van der Waals surface area contributed by atoms with Crippen LogP contribution in [0.5, 0.6) is 0 Å². The number of rotatable bonds is 3. The lowest BCUT2D eigenvalue weighted by molar-refractivity contribution is -0.117. The number of morpholine rings is 1. The fourth-order valence-corrected chi connectivity index (χ4v) is 2.52. The van der Waals surface area contributed by atoms with Crippen LogP contribution in [-0.2, 0) is 20.5 Å². The third kappa shape index (κ3) is 5.46. The number of ether oxygens (including phenoxy) is 1.